The highest BCUT2D eigenvalue weighted by molar-refractivity contribution is 7.89. The number of nitrogens with one attached hydrogen (secondary N) is 1. The van der Waals surface area contributed by atoms with Crippen molar-refractivity contribution >= 4 is 21.1 Å². The van der Waals surface area contributed by atoms with Crippen molar-refractivity contribution in [1.29, 1.82) is 5.26 Å². The maximum absolute atomic E-state index is 13.8. The molecule has 1 N–H and O–H groups in total. The van der Waals surface area contributed by atoms with Gasteiger partial charge in [0, 0.05) is 17.5 Å². The molecule has 4 rings (SSSR count). The van der Waals surface area contributed by atoms with Gasteiger partial charge in [0.05, 0.1) is 24.2 Å². The molecule has 3 aromatic rings. The van der Waals surface area contributed by atoms with Crippen molar-refractivity contribution in [3.05, 3.63) is 36.0 Å². The van der Waals surface area contributed by atoms with Crippen molar-refractivity contribution in [2.75, 3.05) is 0 Å². The molecule has 0 bridgehead atoms. The largest absolute Gasteiger partial charge is 0.318 e. The summed E-state index contributed by atoms with van der Waals surface area (Å²) < 4.78 is 42.8. The summed E-state index contributed by atoms with van der Waals surface area (Å²) in [7, 11) is -3.73. The highest BCUT2D eigenvalue weighted by Crippen LogP contribution is 2.41. The van der Waals surface area contributed by atoms with Gasteiger partial charge in [-0.2, -0.15) is 5.26 Å². The average Bonchev–Trinajstić information content (AvgIpc) is 2.92. The summed E-state index contributed by atoms with van der Waals surface area (Å²) in [6.45, 7) is 3.43. The average molecular weight is 414 g/mol. The van der Waals surface area contributed by atoms with Gasteiger partial charge in [-0.25, -0.2) is 32.5 Å². The quantitative estimate of drug-likeness (QED) is 0.687. The van der Waals surface area contributed by atoms with Crippen molar-refractivity contribution in [3.63, 3.8) is 0 Å². The number of rotatable bonds is 5. The second-order valence-electron chi connectivity index (χ2n) is 7.33. The van der Waals surface area contributed by atoms with E-state index in [1.54, 1.807) is 13.8 Å². The third-order valence-electron chi connectivity index (χ3n) is 4.90. The first kappa shape index (κ1) is 19.4. The van der Waals surface area contributed by atoms with Gasteiger partial charge in [0.15, 0.2) is 5.82 Å². The Bertz CT molecular complexity index is 1220. The van der Waals surface area contributed by atoms with E-state index in [1.807, 2.05) is 4.57 Å². The fourth-order valence-electron chi connectivity index (χ4n) is 3.45. The van der Waals surface area contributed by atoms with E-state index in [9.17, 15) is 18.1 Å². The van der Waals surface area contributed by atoms with Gasteiger partial charge in [-0.3, -0.25) is 0 Å². The lowest BCUT2D eigenvalue weighted by Gasteiger charge is -2.29. The molecule has 1 saturated carbocycles. The molecule has 0 saturated heterocycles. The summed E-state index contributed by atoms with van der Waals surface area (Å²) in [5.41, 5.74) is 1.17. The van der Waals surface area contributed by atoms with Crippen LogP contribution in [0.4, 0.5) is 4.39 Å². The number of pyridine rings is 1. The number of nitriles is 1. The van der Waals surface area contributed by atoms with Crippen LogP contribution in [0.2, 0.25) is 0 Å². The van der Waals surface area contributed by atoms with E-state index >= 15 is 0 Å². The van der Waals surface area contributed by atoms with Crippen LogP contribution in [0.15, 0.2) is 29.6 Å². The molecule has 0 spiro atoms. The molecule has 0 aromatic carbocycles. The van der Waals surface area contributed by atoms with Crippen LogP contribution in [0.5, 0.6) is 0 Å². The van der Waals surface area contributed by atoms with Crippen molar-refractivity contribution < 1.29 is 12.8 Å². The van der Waals surface area contributed by atoms with Crippen LogP contribution in [0.1, 0.15) is 44.7 Å². The molecule has 0 radical (unpaired) electrons. The molecule has 1 aliphatic rings. The number of hydrogen-bond acceptors (Lipinski definition) is 6. The highest BCUT2D eigenvalue weighted by atomic mass is 32.2. The molecule has 8 nitrogen and oxygen atoms in total. The van der Waals surface area contributed by atoms with Crippen LogP contribution in [0.25, 0.3) is 22.6 Å². The van der Waals surface area contributed by atoms with Crippen LogP contribution in [-0.2, 0) is 10.0 Å². The molecular weight excluding hydrogens is 395 g/mol. The highest BCUT2D eigenvalue weighted by Gasteiger charge is 2.30. The van der Waals surface area contributed by atoms with E-state index in [0.29, 0.717) is 16.7 Å². The second kappa shape index (κ2) is 7.17. The first-order valence-corrected chi connectivity index (χ1v) is 10.7. The Hall–Kier alpha value is -2.90. The zero-order valence-corrected chi connectivity index (χ0v) is 16.7. The summed E-state index contributed by atoms with van der Waals surface area (Å²) in [5, 5.41) is 10.2. The van der Waals surface area contributed by atoms with E-state index in [4.69, 9.17) is 0 Å². The molecule has 0 atom stereocenters. The predicted octanol–water partition coefficient (Wildman–Crippen LogP) is 2.92. The molecule has 3 aromatic heterocycles. The first-order chi connectivity index (χ1) is 13.8. The van der Waals surface area contributed by atoms with Gasteiger partial charge in [-0.05, 0) is 39.2 Å². The zero-order valence-electron chi connectivity index (χ0n) is 15.9. The Labute approximate surface area is 167 Å². The number of fused-ring (bicyclic) bond motifs is 1. The fourth-order valence-corrected chi connectivity index (χ4v) is 4.59. The molecule has 10 heteroatoms. The lowest BCUT2D eigenvalue weighted by molar-refractivity contribution is 0.322. The fraction of sp³-hybridized carbons (Fsp3) is 0.368. The molecule has 1 fully saturated rings. The predicted molar refractivity (Wildman–Crippen MR) is 104 cm³/mol. The van der Waals surface area contributed by atoms with Gasteiger partial charge in [0.2, 0.25) is 10.0 Å². The monoisotopic (exact) mass is 414 g/mol. The van der Waals surface area contributed by atoms with Crippen LogP contribution >= 0.6 is 0 Å². The Balaban J connectivity index is 1.89. The zero-order chi connectivity index (χ0) is 20.8. The normalized spacial score (nSPS) is 14.9. The summed E-state index contributed by atoms with van der Waals surface area (Å²) in [6.07, 6.45) is 6.41. The smallest absolute Gasteiger partial charge is 0.243 e. The number of halogens is 1. The number of hydrogen-bond donors (Lipinski definition) is 1. The number of nitrogens with zero attached hydrogens (tertiary/aromatic N) is 5. The summed E-state index contributed by atoms with van der Waals surface area (Å²) in [6, 6.07) is 3.25. The van der Waals surface area contributed by atoms with E-state index < -0.39 is 15.8 Å². The minimum absolute atomic E-state index is 0.0658. The lowest BCUT2D eigenvalue weighted by Crippen LogP contribution is -2.30. The van der Waals surface area contributed by atoms with Crippen LogP contribution in [0.3, 0.4) is 0 Å². The van der Waals surface area contributed by atoms with E-state index in [2.05, 4.69) is 25.7 Å². The third-order valence-corrected chi connectivity index (χ3v) is 6.51. The SMILES string of the molecule is CC(C)NS(=O)(=O)c1cnc(-c2c(C#N)c3cc(F)cnc3n2C2CCC2)nc1. The minimum Gasteiger partial charge on any atom is -0.318 e. The lowest BCUT2D eigenvalue weighted by atomic mass is 9.92. The molecular formula is C19H19FN6O2S. The molecule has 0 amide bonds. The van der Waals surface area contributed by atoms with Gasteiger partial charge >= 0.3 is 0 Å². The molecule has 3 heterocycles. The summed E-state index contributed by atoms with van der Waals surface area (Å²) in [4.78, 5) is 12.6. The summed E-state index contributed by atoms with van der Waals surface area (Å²) >= 11 is 0. The third kappa shape index (κ3) is 3.36. The Morgan fingerprint density at radius 3 is 2.48 bits per heavy atom. The van der Waals surface area contributed by atoms with Crippen molar-refractivity contribution in [1.82, 2.24) is 24.2 Å². The van der Waals surface area contributed by atoms with Gasteiger partial charge in [-0.1, -0.05) is 0 Å². The van der Waals surface area contributed by atoms with Gasteiger partial charge in [0.1, 0.15) is 28.1 Å². The first-order valence-electron chi connectivity index (χ1n) is 9.26. The van der Waals surface area contributed by atoms with Crippen molar-refractivity contribution in [3.8, 4) is 17.6 Å². The molecule has 0 aliphatic heterocycles. The maximum atomic E-state index is 13.8. The number of sulfonamides is 1. The van der Waals surface area contributed by atoms with Gasteiger partial charge in [-0.15, -0.1) is 0 Å². The van der Waals surface area contributed by atoms with Gasteiger partial charge < -0.3 is 4.57 Å². The summed E-state index contributed by atoms with van der Waals surface area (Å²) in [5.74, 6) is -0.330. The Morgan fingerprint density at radius 2 is 1.93 bits per heavy atom. The molecule has 150 valence electrons. The van der Waals surface area contributed by atoms with Crippen molar-refractivity contribution in [2.45, 2.75) is 50.1 Å². The van der Waals surface area contributed by atoms with Gasteiger partial charge in [0.25, 0.3) is 0 Å². The van der Waals surface area contributed by atoms with Crippen molar-refractivity contribution in [2.24, 2.45) is 0 Å². The minimum atomic E-state index is -3.73. The van der Waals surface area contributed by atoms with Crippen LogP contribution < -0.4 is 4.72 Å². The molecule has 0 unspecified atom stereocenters. The van der Waals surface area contributed by atoms with E-state index in [-0.39, 0.29) is 28.4 Å². The van der Waals surface area contributed by atoms with Crippen LogP contribution in [0, 0.1) is 17.1 Å². The standard InChI is InChI=1S/C19H19FN6O2S/c1-11(2)25-29(27,28)14-9-22-18(23-10-14)17-16(7-21)15-6-12(20)8-24-19(15)26(17)13-4-3-5-13/h6,8-11,13,25H,3-5H2,1-2H3. The molecule has 1 aliphatic carbocycles. The maximum Gasteiger partial charge on any atom is 0.243 e. The topological polar surface area (TPSA) is 114 Å². The van der Waals surface area contributed by atoms with E-state index in [1.165, 1.54) is 18.5 Å². The molecule has 29 heavy (non-hydrogen) atoms. The van der Waals surface area contributed by atoms with Crippen LogP contribution in [-0.4, -0.2) is 34.0 Å². The Morgan fingerprint density at radius 1 is 1.24 bits per heavy atom. The number of aromatic nitrogens is 4. The van der Waals surface area contributed by atoms with E-state index in [0.717, 1.165) is 25.5 Å². The second-order valence-corrected chi connectivity index (χ2v) is 9.05. The Kier molecular flexibility index (Phi) is 4.80.